The number of nitrogens with zero attached hydrogens (tertiary/aromatic N) is 1. The van der Waals surface area contributed by atoms with Crippen LogP contribution in [0, 0.1) is 0 Å². The summed E-state index contributed by atoms with van der Waals surface area (Å²) in [6.07, 6.45) is 1.60. The van der Waals surface area contributed by atoms with Crippen molar-refractivity contribution in [3.05, 3.63) is 28.7 Å². The lowest BCUT2D eigenvalue weighted by molar-refractivity contribution is -0.136. The summed E-state index contributed by atoms with van der Waals surface area (Å²) in [5.41, 5.74) is 0.761. The van der Waals surface area contributed by atoms with E-state index in [-0.39, 0.29) is 37.7 Å². The van der Waals surface area contributed by atoms with Crippen LogP contribution in [0.25, 0.3) is 6.08 Å². The third-order valence-corrected chi connectivity index (χ3v) is 5.26. The zero-order valence-electron chi connectivity index (χ0n) is 16.1. The van der Waals surface area contributed by atoms with Gasteiger partial charge in [0, 0.05) is 19.5 Å². The summed E-state index contributed by atoms with van der Waals surface area (Å²) in [7, 11) is 1.54. The molecule has 0 unspecified atom stereocenters. The fraction of sp³-hybridized carbons (Fsp3) is 0.368. The fourth-order valence-electron chi connectivity index (χ4n) is 2.50. The molecule has 1 aliphatic heterocycles. The number of hydrogen-bond donors (Lipinski definition) is 2. The number of carbonyl (C=O) groups excluding carboxylic acids is 2. The molecule has 0 aliphatic carbocycles. The van der Waals surface area contributed by atoms with Gasteiger partial charge in [0.15, 0.2) is 11.5 Å². The average molecular weight is 439 g/mol. The first-order chi connectivity index (χ1) is 13.8. The molecule has 10 heteroatoms. The van der Waals surface area contributed by atoms with Crippen molar-refractivity contribution in [3.63, 3.8) is 0 Å². The van der Waals surface area contributed by atoms with Gasteiger partial charge in [-0.1, -0.05) is 30.0 Å². The molecule has 1 aliphatic rings. The summed E-state index contributed by atoms with van der Waals surface area (Å²) >= 11 is 6.43. The van der Waals surface area contributed by atoms with Gasteiger partial charge in [0.1, 0.15) is 4.32 Å². The molecule has 0 saturated carbocycles. The highest BCUT2D eigenvalue weighted by Crippen LogP contribution is 2.34. The van der Waals surface area contributed by atoms with Crippen molar-refractivity contribution in [1.29, 1.82) is 0 Å². The first kappa shape index (κ1) is 22.7. The van der Waals surface area contributed by atoms with Crippen molar-refractivity contribution in [2.24, 2.45) is 0 Å². The van der Waals surface area contributed by atoms with Crippen LogP contribution in [0.15, 0.2) is 23.1 Å². The van der Waals surface area contributed by atoms with Gasteiger partial charge in [0.25, 0.3) is 5.91 Å². The number of aliphatic carboxylic acids is 1. The fourth-order valence-corrected chi connectivity index (χ4v) is 3.81. The zero-order valence-corrected chi connectivity index (χ0v) is 17.7. The Morgan fingerprint density at radius 2 is 2.07 bits per heavy atom. The van der Waals surface area contributed by atoms with Crippen LogP contribution in [0.3, 0.4) is 0 Å². The van der Waals surface area contributed by atoms with Crippen LogP contribution in [0.1, 0.15) is 25.3 Å². The minimum Gasteiger partial charge on any atom is -0.493 e. The summed E-state index contributed by atoms with van der Waals surface area (Å²) in [6.45, 7) is 2.57. The highest BCUT2D eigenvalue weighted by Gasteiger charge is 2.32. The van der Waals surface area contributed by atoms with Crippen LogP contribution in [0.2, 0.25) is 0 Å². The highest BCUT2D eigenvalue weighted by molar-refractivity contribution is 8.26. The lowest BCUT2D eigenvalue weighted by atomic mass is 10.2. The van der Waals surface area contributed by atoms with Crippen molar-refractivity contribution in [2.75, 3.05) is 26.8 Å². The van der Waals surface area contributed by atoms with Crippen molar-refractivity contribution >= 4 is 52.2 Å². The number of thioether (sulfide) groups is 1. The second-order valence-electron chi connectivity index (χ2n) is 5.92. The van der Waals surface area contributed by atoms with Crippen LogP contribution in [-0.2, 0) is 14.4 Å². The van der Waals surface area contributed by atoms with Gasteiger partial charge in [-0.15, -0.1) is 0 Å². The van der Waals surface area contributed by atoms with Gasteiger partial charge in [-0.25, -0.2) is 0 Å². The topological polar surface area (TPSA) is 105 Å². The molecule has 1 aromatic rings. The molecule has 1 heterocycles. The highest BCUT2D eigenvalue weighted by atomic mass is 32.2. The minimum absolute atomic E-state index is 0.0379. The van der Waals surface area contributed by atoms with Crippen molar-refractivity contribution < 1.29 is 29.0 Å². The van der Waals surface area contributed by atoms with Crippen LogP contribution in [0.5, 0.6) is 11.5 Å². The third kappa shape index (κ3) is 6.47. The van der Waals surface area contributed by atoms with Crippen LogP contribution in [-0.4, -0.2) is 58.9 Å². The molecular weight excluding hydrogens is 416 g/mol. The number of thiocarbonyl (C=S) groups is 1. The van der Waals surface area contributed by atoms with E-state index in [4.69, 9.17) is 26.8 Å². The summed E-state index contributed by atoms with van der Waals surface area (Å²) in [5, 5.41) is 11.1. The Labute approximate surface area is 178 Å². The monoisotopic (exact) mass is 438 g/mol. The van der Waals surface area contributed by atoms with Crippen molar-refractivity contribution in [1.82, 2.24) is 10.2 Å². The molecule has 0 spiro atoms. The van der Waals surface area contributed by atoms with Gasteiger partial charge in [0.05, 0.1) is 25.0 Å². The Kier molecular flexibility index (Phi) is 8.47. The number of hydrogen-bond acceptors (Lipinski definition) is 7. The van der Waals surface area contributed by atoms with Gasteiger partial charge >= 0.3 is 5.97 Å². The van der Waals surface area contributed by atoms with E-state index in [0.29, 0.717) is 27.3 Å². The molecule has 0 aromatic heterocycles. The normalized spacial score (nSPS) is 15.0. The summed E-state index contributed by atoms with van der Waals surface area (Å²) in [5.74, 6) is -0.410. The van der Waals surface area contributed by atoms with E-state index >= 15 is 0 Å². The predicted octanol–water partition coefficient (Wildman–Crippen LogP) is 2.28. The van der Waals surface area contributed by atoms with E-state index in [2.05, 4.69) is 5.32 Å². The van der Waals surface area contributed by atoms with E-state index < -0.39 is 5.97 Å². The molecule has 29 heavy (non-hydrogen) atoms. The van der Waals surface area contributed by atoms with E-state index in [1.165, 1.54) is 16.7 Å². The molecular formula is C19H22N2O6S2. The van der Waals surface area contributed by atoms with Crippen LogP contribution >= 0.6 is 24.0 Å². The Balaban J connectivity index is 2.00. The maximum atomic E-state index is 12.6. The third-order valence-electron chi connectivity index (χ3n) is 3.88. The van der Waals surface area contributed by atoms with E-state index in [0.717, 1.165) is 5.56 Å². The largest absolute Gasteiger partial charge is 0.493 e. The van der Waals surface area contributed by atoms with Gasteiger partial charge in [0.2, 0.25) is 5.91 Å². The number of nitrogens with one attached hydrogen (secondary N) is 1. The molecule has 2 amide bonds. The number of ether oxygens (including phenoxy) is 2. The molecule has 1 aromatic carbocycles. The Morgan fingerprint density at radius 3 is 2.72 bits per heavy atom. The first-order valence-electron chi connectivity index (χ1n) is 8.90. The number of rotatable bonds is 10. The number of carboxylic acids is 1. The number of benzene rings is 1. The van der Waals surface area contributed by atoms with E-state index in [1.54, 1.807) is 25.3 Å². The maximum Gasteiger partial charge on any atom is 0.305 e. The van der Waals surface area contributed by atoms with E-state index in [9.17, 15) is 14.4 Å². The molecule has 2 rings (SSSR count). The van der Waals surface area contributed by atoms with Gasteiger partial charge < -0.3 is 19.9 Å². The van der Waals surface area contributed by atoms with Gasteiger partial charge in [-0.2, -0.15) is 0 Å². The lowest BCUT2D eigenvalue weighted by Crippen LogP contribution is -2.34. The van der Waals surface area contributed by atoms with Crippen molar-refractivity contribution in [2.45, 2.75) is 19.8 Å². The smallest absolute Gasteiger partial charge is 0.305 e. The molecule has 8 nitrogen and oxygen atoms in total. The maximum absolute atomic E-state index is 12.6. The second kappa shape index (κ2) is 10.8. The van der Waals surface area contributed by atoms with Crippen molar-refractivity contribution in [3.8, 4) is 11.5 Å². The second-order valence-corrected chi connectivity index (χ2v) is 7.60. The number of carbonyl (C=O) groups is 3. The number of amides is 2. The SMILES string of the molecule is CCOc1ccc(C=C2SC(=S)N(CCC(=O)NCCC(=O)O)C2=O)cc1OC. The molecule has 0 bridgehead atoms. The Morgan fingerprint density at radius 1 is 1.31 bits per heavy atom. The van der Waals surface area contributed by atoms with Gasteiger partial charge in [-0.3, -0.25) is 19.3 Å². The van der Waals surface area contributed by atoms with E-state index in [1.807, 2.05) is 13.0 Å². The molecule has 1 fully saturated rings. The average Bonchev–Trinajstić information content (AvgIpc) is 2.94. The molecule has 1 saturated heterocycles. The van der Waals surface area contributed by atoms with Gasteiger partial charge in [-0.05, 0) is 30.7 Å². The Bertz CT molecular complexity index is 840. The molecule has 0 atom stereocenters. The molecule has 2 N–H and O–H groups in total. The Hall–Kier alpha value is -2.59. The summed E-state index contributed by atoms with van der Waals surface area (Å²) in [6, 6.07) is 5.36. The molecule has 0 radical (unpaired) electrons. The molecule has 156 valence electrons. The minimum atomic E-state index is -0.988. The quantitative estimate of drug-likeness (QED) is 0.423. The van der Waals surface area contributed by atoms with Crippen LogP contribution in [0.4, 0.5) is 0 Å². The first-order valence-corrected chi connectivity index (χ1v) is 10.1. The summed E-state index contributed by atoms with van der Waals surface area (Å²) < 4.78 is 11.2. The zero-order chi connectivity index (χ0) is 21.4. The number of methoxy groups -OCH3 is 1. The van der Waals surface area contributed by atoms with Crippen LogP contribution < -0.4 is 14.8 Å². The lowest BCUT2D eigenvalue weighted by Gasteiger charge is -2.14. The number of carboxylic acid groups (broad SMARTS) is 1. The predicted molar refractivity (Wildman–Crippen MR) is 114 cm³/mol. The standard InChI is InChI=1S/C19H22N2O6S2/c1-3-27-13-5-4-12(10-14(13)26-2)11-15-18(25)21(19(28)29-15)9-7-16(22)20-8-6-17(23)24/h4-5,10-11H,3,6-9H2,1-2H3,(H,20,22)(H,23,24). The summed E-state index contributed by atoms with van der Waals surface area (Å²) in [4.78, 5) is 36.7.